The summed E-state index contributed by atoms with van der Waals surface area (Å²) in [6.07, 6.45) is 1.53. The lowest BCUT2D eigenvalue weighted by Gasteiger charge is -2.31. The van der Waals surface area contributed by atoms with E-state index in [1.165, 1.54) is 0 Å². The molecule has 0 fully saturated rings. The van der Waals surface area contributed by atoms with Crippen molar-refractivity contribution in [1.29, 1.82) is 0 Å². The Hall–Kier alpha value is -1.10. The topological polar surface area (TPSA) is 93.5 Å². The van der Waals surface area contributed by atoms with Crippen LogP contribution in [0.2, 0.25) is 0 Å². The highest BCUT2D eigenvalue weighted by atomic mass is 16.1. The van der Waals surface area contributed by atoms with E-state index in [0.29, 0.717) is 6.54 Å². The van der Waals surface area contributed by atoms with Crippen LogP contribution in [0.5, 0.6) is 0 Å². The van der Waals surface area contributed by atoms with Gasteiger partial charge in [0.15, 0.2) is 11.7 Å². The summed E-state index contributed by atoms with van der Waals surface area (Å²) < 4.78 is 0. The molecule has 1 unspecified atom stereocenters. The highest BCUT2D eigenvalue weighted by Crippen LogP contribution is 2.20. The van der Waals surface area contributed by atoms with Gasteiger partial charge >= 0.3 is 0 Å². The number of nitrogens with one attached hydrogen (secondary N) is 1. The van der Waals surface area contributed by atoms with E-state index < -0.39 is 0 Å². The molecule has 19 heavy (non-hydrogen) atoms. The minimum atomic E-state index is -0.348. The molecular weight excluding hydrogens is 240 g/mol. The van der Waals surface area contributed by atoms with Crippen molar-refractivity contribution in [3.63, 3.8) is 0 Å². The maximum absolute atomic E-state index is 12.4. The fourth-order valence-corrected chi connectivity index (χ4v) is 1.82. The number of guanidine groups is 1. The van der Waals surface area contributed by atoms with Crippen LogP contribution in [0.1, 0.15) is 54.4 Å². The van der Waals surface area contributed by atoms with E-state index >= 15 is 0 Å². The molecule has 0 bridgehead atoms. The van der Waals surface area contributed by atoms with E-state index in [-0.39, 0.29) is 28.7 Å². The van der Waals surface area contributed by atoms with Crippen molar-refractivity contribution >= 4 is 11.7 Å². The maximum atomic E-state index is 12.4. The van der Waals surface area contributed by atoms with Crippen LogP contribution >= 0.6 is 0 Å². The number of nitrogens with two attached hydrogens (primary N) is 2. The second kappa shape index (κ2) is 6.89. The molecule has 0 aliphatic carbocycles. The van der Waals surface area contributed by atoms with Crippen molar-refractivity contribution in [2.75, 3.05) is 6.54 Å². The maximum Gasteiger partial charge on any atom is 0.185 e. The van der Waals surface area contributed by atoms with Crippen LogP contribution in [-0.4, -0.2) is 29.9 Å². The molecule has 0 rings (SSSR count). The number of carbonyl (C=O) groups is 1. The van der Waals surface area contributed by atoms with Crippen LogP contribution in [0.4, 0.5) is 0 Å². The molecule has 5 heteroatoms. The SMILES string of the molecule is CC(C)(C)NC(CCCN=C(N)N)C(=O)C(C)(C)C. The van der Waals surface area contributed by atoms with Gasteiger partial charge in [0.1, 0.15) is 0 Å². The van der Waals surface area contributed by atoms with Gasteiger partial charge in [-0.05, 0) is 33.6 Å². The molecule has 0 saturated carbocycles. The zero-order valence-corrected chi connectivity index (χ0v) is 13.2. The first-order valence-corrected chi connectivity index (χ1v) is 6.81. The molecule has 0 aromatic rings. The van der Waals surface area contributed by atoms with Crippen molar-refractivity contribution in [1.82, 2.24) is 5.32 Å². The first-order chi connectivity index (χ1) is 8.43. The van der Waals surface area contributed by atoms with E-state index in [9.17, 15) is 4.79 Å². The normalized spacial score (nSPS) is 14.0. The highest BCUT2D eigenvalue weighted by molar-refractivity contribution is 5.88. The van der Waals surface area contributed by atoms with Crippen LogP contribution < -0.4 is 16.8 Å². The monoisotopic (exact) mass is 270 g/mol. The number of carbonyl (C=O) groups excluding carboxylic acids is 1. The molecule has 0 radical (unpaired) electrons. The van der Waals surface area contributed by atoms with Crippen LogP contribution in [0.3, 0.4) is 0 Å². The molecular formula is C14H30N4O. The first-order valence-electron chi connectivity index (χ1n) is 6.81. The predicted molar refractivity (Wildman–Crippen MR) is 81.0 cm³/mol. The molecule has 0 amide bonds. The largest absolute Gasteiger partial charge is 0.370 e. The molecule has 0 spiro atoms. The van der Waals surface area contributed by atoms with Crippen LogP contribution in [0.15, 0.2) is 4.99 Å². The Labute approximate surface area is 117 Å². The second-order valence-electron chi connectivity index (χ2n) is 7.01. The summed E-state index contributed by atoms with van der Waals surface area (Å²) in [6.45, 7) is 12.6. The van der Waals surface area contributed by atoms with Crippen molar-refractivity contribution in [2.45, 2.75) is 66.0 Å². The fraction of sp³-hybridized carbons (Fsp3) is 0.857. The number of hydrogen-bond acceptors (Lipinski definition) is 3. The lowest BCUT2D eigenvalue weighted by atomic mass is 9.84. The van der Waals surface area contributed by atoms with Gasteiger partial charge in [0.25, 0.3) is 0 Å². The predicted octanol–water partition coefficient (Wildman–Crippen LogP) is 1.41. The Morgan fingerprint density at radius 2 is 1.68 bits per heavy atom. The quantitative estimate of drug-likeness (QED) is 0.386. The van der Waals surface area contributed by atoms with Crippen LogP contribution in [0.25, 0.3) is 0 Å². The van der Waals surface area contributed by atoms with E-state index in [4.69, 9.17) is 11.5 Å². The van der Waals surface area contributed by atoms with Gasteiger partial charge in [-0.2, -0.15) is 0 Å². The molecule has 0 heterocycles. The van der Waals surface area contributed by atoms with Gasteiger partial charge in [-0.25, -0.2) is 0 Å². The third-order valence-electron chi connectivity index (χ3n) is 2.61. The molecule has 0 aliphatic rings. The summed E-state index contributed by atoms with van der Waals surface area (Å²) >= 11 is 0. The van der Waals surface area contributed by atoms with E-state index in [2.05, 4.69) is 31.1 Å². The third-order valence-corrected chi connectivity index (χ3v) is 2.61. The van der Waals surface area contributed by atoms with Crippen molar-refractivity contribution in [2.24, 2.45) is 21.9 Å². The molecule has 0 aromatic heterocycles. The Morgan fingerprint density at radius 3 is 2.05 bits per heavy atom. The molecule has 112 valence electrons. The van der Waals surface area contributed by atoms with E-state index in [1.54, 1.807) is 0 Å². The summed E-state index contributed by atoms with van der Waals surface area (Å²) in [7, 11) is 0. The Morgan fingerprint density at radius 1 is 1.16 bits per heavy atom. The van der Waals surface area contributed by atoms with E-state index in [1.807, 2.05) is 20.8 Å². The third kappa shape index (κ3) is 8.59. The minimum absolute atomic E-state index is 0.0955. The van der Waals surface area contributed by atoms with Gasteiger partial charge in [-0.15, -0.1) is 0 Å². The van der Waals surface area contributed by atoms with Gasteiger partial charge in [0.05, 0.1) is 6.04 Å². The van der Waals surface area contributed by atoms with Crippen LogP contribution in [-0.2, 0) is 4.79 Å². The average Bonchev–Trinajstić information content (AvgIpc) is 2.18. The second-order valence-corrected chi connectivity index (χ2v) is 7.01. The van der Waals surface area contributed by atoms with Crippen LogP contribution in [0, 0.1) is 5.41 Å². The molecule has 5 N–H and O–H groups in total. The lowest BCUT2D eigenvalue weighted by Crippen LogP contribution is -2.50. The summed E-state index contributed by atoms with van der Waals surface area (Å²) in [5.74, 6) is 0.328. The zero-order chi connectivity index (χ0) is 15.3. The Kier molecular flexibility index (Phi) is 6.49. The van der Waals surface area contributed by atoms with E-state index in [0.717, 1.165) is 12.8 Å². The summed E-state index contributed by atoms with van der Waals surface area (Å²) in [5.41, 5.74) is 10.1. The first kappa shape index (κ1) is 17.9. The fourth-order valence-electron chi connectivity index (χ4n) is 1.82. The van der Waals surface area contributed by atoms with Gasteiger partial charge in [-0.3, -0.25) is 9.79 Å². The molecule has 0 aliphatic heterocycles. The standard InChI is InChI=1S/C14H30N4O/c1-13(2,3)11(19)10(18-14(4,5)6)8-7-9-17-12(15)16/h10,18H,7-9H2,1-6H3,(H4,15,16,17). The Balaban J connectivity index is 4.61. The Bertz CT molecular complexity index is 319. The lowest BCUT2D eigenvalue weighted by molar-refractivity contribution is -0.129. The highest BCUT2D eigenvalue weighted by Gasteiger charge is 2.31. The van der Waals surface area contributed by atoms with Crippen molar-refractivity contribution in [3.8, 4) is 0 Å². The number of hydrogen-bond donors (Lipinski definition) is 3. The number of nitrogens with zero attached hydrogens (tertiary/aromatic N) is 1. The van der Waals surface area contributed by atoms with Crippen molar-refractivity contribution < 1.29 is 4.79 Å². The van der Waals surface area contributed by atoms with Gasteiger partial charge in [0, 0.05) is 17.5 Å². The van der Waals surface area contributed by atoms with Gasteiger partial charge in [0.2, 0.25) is 0 Å². The summed E-state index contributed by atoms with van der Waals surface area (Å²) in [5, 5.41) is 3.39. The minimum Gasteiger partial charge on any atom is -0.370 e. The van der Waals surface area contributed by atoms with Gasteiger partial charge < -0.3 is 16.8 Å². The summed E-state index contributed by atoms with van der Waals surface area (Å²) in [4.78, 5) is 16.4. The average molecular weight is 270 g/mol. The van der Waals surface area contributed by atoms with Crippen molar-refractivity contribution in [3.05, 3.63) is 0 Å². The zero-order valence-electron chi connectivity index (χ0n) is 13.2. The smallest absolute Gasteiger partial charge is 0.185 e. The summed E-state index contributed by atoms with van der Waals surface area (Å²) in [6, 6.07) is -0.158. The number of ketones is 1. The molecule has 5 nitrogen and oxygen atoms in total. The molecule has 0 saturated heterocycles. The number of rotatable bonds is 6. The molecule has 1 atom stereocenters. The molecule has 0 aromatic carbocycles. The number of aliphatic imine (C=N–C) groups is 1. The number of Topliss-reactive ketones (excluding diaryl/α,β-unsaturated/α-hetero) is 1. The van der Waals surface area contributed by atoms with Gasteiger partial charge in [-0.1, -0.05) is 20.8 Å².